The van der Waals surface area contributed by atoms with E-state index in [9.17, 15) is 26.7 Å². The van der Waals surface area contributed by atoms with Crippen molar-refractivity contribution in [2.24, 2.45) is 10.7 Å². The molecule has 13 heteroatoms. The number of aliphatic imine (C=N–C) groups is 1. The first-order valence-corrected chi connectivity index (χ1v) is 8.73. The molecule has 0 fully saturated rings. The molecule has 2 aromatic rings. The Bertz CT molecular complexity index is 1010. The topological polar surface area (TPSA) is 112 Å². The number of amidine groups is 1. The molecule has 0 saturated heterocycles. The molecule has 166 valence electrons. The van der Waals surface area contributed by atoms with Crippen LogP contribution in [0.5, 0.6) is 5.88 Å². The Morgan fingerprint density at radius 1 is 1.29 bits per heavy atom. The van der Waals surface area contributed by atoms with E-state index in [2.05, 4.69) is 25.0 Å². The molecule has 8 nitrogen and oxygen atoms in total. The minimum Gasteiger partial charge on any atom is -0.456 e. The summed E-state index contributed by atoms with van der Waals surface area (Å²) < 4.78 is 78.1. The zero-order valence-electron chi connectivity index (χ0n) is 15.9. The van der Waals surface area contributed by atoms with Gasteiger partial charge in [0.1, 0.15) is 17.9 Å². The van der Waals surface area contributed by atoms with Gasteiger partial charge in [-0.05, 0) is 13.0 Å². The highest BCUT2D eigenvalue weighted by Crippen LogP contribution is 2.40. The molecule has 0 saturated carbocycles. The molecular weight excluding hydrogens is 429 g/mol. The van der Waals surface area contributed by atoms with Crippen LogP contribution >= 0.6 is 0 Å². The van der Waals surface area contributed by atoms with E-state index in [0.29, 0.717) is 6.07 Å². The number of ether oxygens (including phenoxy) is 2. The summed E-state index contributed by atoms with van der Waals surface area (Å²) in [4.78, 5) is 23.4. The maximum absolute atomic E-state index is 14.9. The third-order valence-electron chi connectivity index (χ3n) is 4.52. The van der Waals surface area contributed by atoms with Gasteiger partial charge in [-0.1, -0.05) is 0 Å². The molecule has 3 N–H and O–H groups in total. The first-order chi connectivity index (χ1) is 14.7. The molecule has 2 heterocycles. The standard InChI is InChI=1S/C18H16F5N5O3/c1-18(15(23)12(4-19)31-17(24)28-18)9-2-8(3-10(21)14(9)22)27-16(29)11-5-26-13(6-25-11)30-7-20/h2-3,5-6,12,15H,4,7H2,1H3,(H2,24,28)(H,27,29)/t12-,15+,18-/m1/s1. The number of nitrogens with two attached hydrogens (primary N) is 1. The summed E-state index contributed by atoms with van der Waals surface area (Å²) in [6.45, 7) is -1.34. The number of aromatic nitrogens is 2. The van der Waals surface area contributed by atoms with Gasteiger partial charge in [0, 0.05) is 17.3 Å². The fraction of sp³-hybridized carbons (Fsp3) is 0.333. The van der Waals surface area contributed by atoms with Crippen LogP contribution in [-0.2, 0) is 10.3 Å². The highest BCUT2D eigenvalue weighted by atomic mass is 19.2. The molecular formula is C18H16F5N5O3. The molecule has 0 radical (unpaired) electrons. The van der Waals surface area contributed by atoms with E-state index in [4.69, 9.17) is 10.5 Å². The van der Waals surface area contributed by atoms with Gasteiger partial charge < -0.3 is 20.5 Å². The lowest BCUT2D eigenvalue weighted by Crippen LogP contribution is -2.50. The van der Waals surface area contributed by atoms with Gasteiger partial charge in [0.2, 0.25) is 12.7 Å². The molecule has 0 spiro atoms. The molecule has 1 aliphatic rings. The lowest BCUT2D eigenvalue weighted by molar-refractivity contribution is 0.00435. The van der Waals surface area contributed by atoms with Crippen molar-refractivity contribution in [1.82, 2.24) is 9.97 Å². The second kappa shape index (κ2) is 8.70. The van der Waals surface area contributed by atoms with Gasteiger partial charge in [-0.2, -0.15) is 0 Å². The van der Waals surface area contributed by atoms with Crippen LogP contribution in [0.4, 0.5) is 27.6 Å². The number of nitrogens with one attached hydrogen (secondary N) is 1. The summed E-state index contributed by atoms with van der Waals surface area (Å²) in [7, 11) is 0. The molecule has 3 atom stereocenters. The number of hydrogen-bond acceptors (Lipinski definition) is 7. The zero-order valence-corrected chi connectivity index (χ0v) is 15.9. The summed E-state index contributed by atoms with van der Waals surface area (Å²) in [5.74, 6) is -3.92. The monoisotopic (exact) mass is 445 g/mol. The molecule has 1 aliphatic heterocycles. The molecule has 31 heavy (non-hydrogen) atoms. The SMILES string of the molecule is C[C@]1(c2cc(NC(=O)c3cnc(OCF)cn3)cc(F)c2F)N=C(N)O[C@H](CF)[C@@H]1F. The van der Waals surface area contributed by atoms with Gasteiger partial charge in [0.15, 0.2) is 23.9 Å². The Hall–Kier alpha value is -3.51. The van der Waals surface area contributed by atoms with Crippen molar-refractivity contribution >= 4 is 17.6 Å². The van der Waals surface area contributed by atoms with Crippen molar-refractivity contribution in [2.75, 3.05) is 18.9 Å². The number of rotatable bonds is 6. The summed E-state index contributed by atoms with van der Waals surface area (Å²) in [5.41, 5.74) is 2.19. The van der Waals surface area contributed by atoms with Crippen LogP contribution < -0.4 is 15.8 Å². The minimum absolute atomic E-state index is 0.173. The Morgan fingerprint density at radius 2 is 2.03 bits per heavy atom. The van der Waals surface area contributed by atoms with E-state index in [1.807, 2.05) is 0 Å². The Balaban J connectivity index is 1.94. The van der Waals surface area contributed by atoms with E-state index in [1.54, 1.807) is 0 Å². The first-order valence-electron chi connectivity index (χ1n) is 8.73. The number of amides is 1. The third-order valence-corrected chi connectivity index (χ3v) is 4.52. The average molecular weight is 445 g/mol. The summed E-state index contributed by atoms with van der Waals surface area (Å²) in [5, 5.41) is 2.26. The Kier molecular flexibility index (Phi) is 6.22. The van der Waals surface area contributed by atoms with E-state index < -0.39 is 60.5 Å². The minimum atomic E-state index is -2.21. The fourth-order valence-corrected chi connectivity index (χ4v) is 3.00. The van der Waals surface area contributed by atoms with Crippen LogP contribution in [-0.4, -0.2) is 47.7 Å². The smallest absolute Gasteiger partial charge is 0.283 e. The summed E-state index contributed by atoms with van der Waals surface area (Å²) >= 11 is 0. The predicted molar refractivity (Wildman–Crippen MR) is 97.7 cm³/mol. The van der Waals surface area contributed by atoms with Crippen molar-refractivity contribution in [1.29, 1.82) is 0 Å². The van der Waals surface area contributed by atoms with E-state index in [0.717, 1.165) is 25.4 Å². The van der Waals surface area contributed by atoms with Gasteiger partial charge >= 0.3 is 0 Å². The van der Waals surface area contributed by atoms with Crippen LogP contribution in [0.3, 0.4) is 0 Å². The van der Waals surface area contributed by atoms with Gasteiger partial charge in [0.05, 0.1) is 12.4 Å². The van der Waals surface area contributed by atoms with E-state index >= 15 is 0 Å². The molecule has 3 rings (SSSR count). The number of carbonyl (C=O) groups is 1. The Labute approximate surface area is 172 Å². The number of anilines is 1. The number of nitrogens with zero attached hydrogens (tertiary/aromatic N) is 3. The van der Waals surface area contributed by atoms with Crippen molar-refractivity contribution in [3.05, 3.63) is 47.4 Å². The van der Waals surface area contributed by atoms with Crippen LogP contribution in [0.15, 0.2) is 29.5 Å². The lowest BCUT2D eigenvalue weighted by atomic mass is 9.84. The average Bonchev–Trinajstić information content (AvgIpc) is 2.73. The first kappa shape index (κ1) is 22.2. The van der Waals surface area contributed by atoms with Crippen LogP contribution in [0.25, 0.3) is 0 Å². The second-order valence-electron chi connectivity index (χ2n) is 6.58. The maximum Gasteiger partial charge on any atom is 0.283 e. The highest BCUT2D eigenvalue weighted by molar-refractivity contribution is 6.02. The van der Waals surface area contributed by atoms with Gasteiger partial charge in [-0.3, -0.25) is 4.79 Å². The third kappa shape index (κ3) is 4.34. The second-order valence-corrected chi connectivity index (χ2v) is 6.58. The van der Waals surface area contributed by atoms with Crippen molar-refractivity contribution < 1.29 is 36.2 Å². The van der Waals surface area contributed by atoms with Crippen LogP contribution in [0.1, 0.15) is 23.0 Å². The number of carbonyl (C=O) groups excluding carboxylic acids is 1. The molecule has 1 aromatic carbocycles. The summed E-state index contributed by atoms with van der Waals surface area (Å²) in [6.07, 6.45) is -1.94. The molecule has 0 aliphatic carbocycles. The lowest BCUT2D eigenvalue weighted by Gasteiger charge is -2.37. The quantitative estimate of drug-likeness (QED) is 0.661. The van der Waals surface area contributed by atoms with E-state index in [1.165, 1.54) is 0 Å². The number of benzene rings is 1. The maximum atomic E-state index is 14.9. The van der Waals surface area contributed by atoms with Gasteiger partial charge in [-0.15, -0.1) is 0 Å². The van der Waals surface area contributed by atoms with Crippen molar-refractivity contribution in [3.63, 3.8) is 0 Å². The van der Waals surface area contributed by atoms with E-state index in [-0.39, 0.29) is 17.3 Å². The van der Waals surface area contributed by atoms with Crippen LogP contribution in [0, 0.1) is 11.6 Å². The highest BCUT2D eigenvalue weighted by Gasteiger charge is 2.48. The van der Waals surface area contributed by atoms with Crippen LogP contribution in [0.2, 0.25) is 0 Å². The fourth-order valence-electron chi connectivity index (χ4n) is 3.00. The van der Waals surface area contributed by atoms with Gasteiger partial charge in [-0.25, -0.2) is 36.9 Å². The molecule has 0 bridgehead atoms. The number of hydrogen-bond donors (Lipinski definition) is 2. The van der Waals surface area contributed by atoms with Crippen molar-refractivity contribution in [3.8, 4) is 5.88 Å². The normalized spacial score (nSPS) is 23.0. The summed E-state index contributed by atoms with van der Waals surface area (Å²) in [6, 6.07) is 0.994. The van der Waals surface area contributed by atoms with Crippen molar-refractivity contribution in [2.45, 2.75) is 24.7 Å². The molecule has 1 aromatic heterocycles. The number of halogens is 5. The molecule has 1 amide bonds. The zero-order chi connectivity index (χ0) is 22.8. The molecule has 0 unspecified atom stereocenters. The van der Waals surface area contributed by atoms with Gasteiger partial charge in [0.25, 0.3) is 11.9 Å². The predicted octanol–water partition coefficient (Wildman–Crippen LogP) is 2.55. The number of alkyl halides is 3. The Morgan fingerprint density at radius 3 is 2.65 bits per heavy atom. The largest absolute Gasteiger partial charge is 0.456 e.